The fraction of sp³-hybridized carbons (Fsp3) is 0.471. The zero-order chi connectivity index (χ0) is 13.9. The summed E-state index contributed by atoms with van der Waals surface area (Å²) in [5, 5.41) is 8.23. The average Bonchev–Trinajstić information content (AvgIpc) is 3.10. The first-order valence-electron chi connectivity index (χ1n) is 7.60. The van der Waals surface area contributed by atoms with Crippen LogP contribution in [-0.4, -0.2) is 15.8 Å². The molecule has 1 aromatic carbocycles. The molecule has 1 fully saturated rings. The molecular weight excluding hydrogens is 246 g/mol. The molecule has 0 bridgehead atoms. The largest absolute Gasteiger partial charge is 0.307 e. The Morgan fingerprint density at radius 2 is 2.05 bits per heavy atom. The maximum Gasteiger partial charge on any atom is 0.0645 e. The molecule has 0 spiro atoms. The van der Waals surface area contributed by atoms with Gasteiger partial charge in [0.2, 0.25) is 0 Å². The summed E-state index contributed by atoms with van der Waals surface area (Å²) in [5.74, 6) is 0.793. The van der Waals surface area contributed by atoms with Gasteiger partial charge in [-0.15, -0.1) is 0 Å². The Balaban J connectivity index is 1.70. The first-order chi connectivity index (χ1) is 9.74. The Morgan fingerprint density at radius 1 is 1.25 bits per heavy atom. The molecule has 1 aliphatic carbocycles. The van der Waals surface area contributed by atoms with Gasteiger partial charge in [-0.3, -0.25) is 0 Å². The van der Waals surface area contributed by atoms with Gasteiger partial charge in [-0.1, -0.05) is 31.5 Å². The second kappa shape index (κ2) is 5.80. The third-order valence-corrected chi connectivity index (χ3v) is 4.45. The van der Waals surface area contributed by atoms with Crippen molar-refractivity contribution in [1.82, 2.24) is 15.1 Å². The minimum atomic E-state index is 0.359. The van der Waals surface area contributed by atoms with E-state index in [9.17, 15) is 0 Å². The van der Waals surface area contributed by atoms with Gasteiger partial charge < -0.3 is 5.32 Å². The highest BCUT2D eigenvalue weighted by atomic mass is 15.3. The van der Waals surface area contributed by atoms with Gasteiger partial charge in [0.15, 0.2) is 0 Å². The smallest absolute Gasteiger partial charge is 0.0645 e. The quantitative estimate of drug-likeness (QED) is 0.917. The summed E-state index contributed by atoms with van der Waals surface area (Å²) in [4.78, 5) is 0. The lowest BCUT2D eigenvalue weighted by molar-refractivity contribution is 0.388. The number of nitrogens with one attached hydrogen (secondary N) is 1. The predicted molar refractivity (Wildman–Crippen MR) is 81.9 cm³/mol. The lowest BCUT2D eigenvalue weighted by Gasteiger charge is -2.22. The Hall–Kier alpha value is -1.61. The van der Waals surface area contributed by atoms with E-state index < -0.39 is 0 Å². The Bertz CT molecular complexity index is 546. The lowest BCUT2D eigenvalue weighted by atomic mass is 10.0. The van der Waals surface area contributed by atoms with E-state index in [1.54, 1.807) is 0 Å². The summed E-state index contributed by atoms with van der Waals surface area (Å²) in [5.41, 5.74) is 2.37. The van der Waals surface area contributed by atoms with Crippen LogP contribution in [0.3, 0.4) is 0 Å². The zero-order valence-corrected chi connectivity index (χ0v) is 12.3. The van der Waals surface area contributed by atoms with Crippen LogP contribution >= 0.6 is 0 Å². The molecule has 0 saturated heterocycles. The number of hydrogen-bond acceptors (Lipinski definition) is 2. The van der Waals surface area contributed by atoms with Gasteiger partial charge in [0.25, 0.3) is 0 Å². The van der Waals surface area contributed by atoms with Gasteiger partial charge in [0, 0.05) is 23.8 Å². The Kier molecular flexibility index (Phi) is 3.88. The minimum absolute atomic E-state index is 0.359. The number of rotatable bonds is 4. The molecule has 3 unspecified atom stereocenters. The SMILES string of the molecule is CC(NC1CCCC1C)c1cnn(-c2ccccc2)c1. The van der Waals surface area contributed by atoms with Crippen molar-refractivity contribution in [1.29, 1.82) is 0 Å². The van der Waals surface area contributed by atoms with Crippen molar-refractivity contribution in [3.05, 3.63) is 48.3 Å². The second-order valence-electron chi connectivity index (χ2n) is 5.96. The molecule has 3 nitrogen and oxygen atoms in total. The normalized spacial score (nSPS) is 23.9. The molecule has 0 radical (unpaired) electrons. The molecule has 2 aromatic rings. The van der Waals surface area contributed by atoms with E-state index in [0.717, 1.165) is 11.6 Å². The number of nitrogens with zero attached hydrogens (tertiary/aromatic N) is 2. The molecule has 1 saturated carbocycles. The van der Waals surface area contributed by atoms with Crippen molar-refractivity contribution in [3.63, 3.8) is 0 Å². The fourth-order valence-corrected chi connectivity index (χ4v) is 3.09. The van der Waals surface area contributed by atoms with Crippen LogP contribution < -0.4 is 5.32 Å². The molecule has 106 valence electrons. The van der Waals surface area contributed by atoms with E-state index in [1.165, 1.54) is 24.8 Å². The van der Waals surface area contributed by atoms with E-state index in [4.69, 9.17) is 0 Å². The molecule has 20 heavy (non-hydrogen) atoms. The van der Waals surface area contributed by atoms with Gasteiger partial charge in [-0.25, -0.2) is 4.68 Å². The summed E-state index contributed by atoms with van der Waals surface area (Å²) in [7, 11) is 0. The molecule has 3 heteroatoms. The van der Waals surface area contributed by atoms with E-state index in [2.05, 4.69) is 42.6 Å². The molecule has 0 amide bonds. The third kappa shape index (κ3) is 2.78. The highest BCUT2D eigenvalue weighted by Gasteiger charge is 2.25. The number of aromatic nitrogens is 2. The van der Waals surface area contributed by atoms with E-state index in [1.807, 2.05) is 29.1 Å². The summed E-state index contributed by atoms with van der Waals surface area (Å²) in [6, 6.07) is 11.3. The van der Waals surface area contributed by atoms with E-state index >= 15 is 0 Å². The van der Waals surface area contributed by atoms with Gasteiger partial charge in [-0.05, 0) is 37.8 Å². The molecule has 0 aliphatic heterocycles. The summed E-state index contributed by atoms with van der Waals surface area (Å²) >= 11 is 0. The predicted octanol–water partition coefficient (Wildman–Crippen LogP) is 3.71. The first-order valence-corrected chi connectivity index (χ1v) is 7.60. The first kappa shape index (κ1) is 13.4. The van der Waals surface area contributed by atoms with Gasteiger partial charge in [0.05, 0.1) is 11.9 Å². The average molecular weight is 269 g/mol. The molecule has 3 rings (SSSR count). The minimum Gasteiger partial charge on any atom is -0.307 e. The van der Waals surface area contributed by atoms with Crippen molar-refractivity contribution >= 4 is 0 Å². The topological polar surface area (TPSA) is 29.9 Å². The van der Waals surface area contributed by atoms with Crippen molar-refractivity contribution in [3.8, 4) is 5.69 Å². The van der Waals surface area contributed by atoms with Crippen molar-refractivity contribution < 1.29 is 0 Å². The van der Waals surface area contributed by atoms with Crippen LogP contribution in [0.4, 0.5) is 0 Å². The van der Waals surface area contributed by atoms with Crippen LogP contribution in [-0.2, 0) is 0 Å². The second-order valence-corrected chi connectivity index (χ2v) is 5.96. The van der Waals surface area contributed by atoms with Crippen molar-refractivity contribution in [2.24, 2.45) is 5.92 Å². The van der Waals surface area contributed by atoms with Crippen molar-refractivity contribution in [2.45, 2.75) is 45.2 Å². The van der Waals surface area contributed by atoms with Gasteiger partial charge >= 0.3 is 0 Å². The van der Waals surface area contributed by atoms with Crippen LogP contribution in [0.5, 0.6) is 0 Å². The maximum atomic E-state index is 4.48. The van der Waals surface area contributed by atoms with Crippen LogP contribution in [0, 0.1) is 5.92 Å². The van der Waals surface area contributed by atoms with Crippen LogP contribution in [0.25, 0.3) is 5.69 Å². The molecule has 1 aliphatic rings. The Labute approximate surface area is 121 Å². The fourth-order valence-electron chi connectivity index (χ4n) is 3.09. The molecule has 1 aromatic heterocycles. The number of benzene rings is 1. The van der Waals surface area contributed by atoms with Gasteiger partial charge in [-0.2, -0.15) is 5.10 Å². The molecular formula is C17H23N3. The Morgan fingerprint density at radius 3 is 2.75 bits per heavy atom. The molecule has 3 atom stereocenters. The summed E-state index contributed by atoms with van der Waals surface area (Å²) in [6.07, 6.45) is 8.12. The number of hydrogen-bond donors (Lipinski definition) is 1. The van der Waals surface area contributed by atoms with Gasteiger partial charge in [0.1, 0.15) is 0 Å². The monoisotopic (exact) mass is 269 g/mol. The van der Waals surface area contributed by atoms with Crippen molar-refractivity contribution in [2.75, 3.05) is 0 Å². The van der Waals surface area contributed by atoms with E-state index in [-0.39, 0.29) is 0 Å². The molecule has 1 heterocycles. The number of para-hydroxylation sites is 1. The van der Waals surface area contributed by atoms with E-state index in [0.29, 0.717) is 12.1 Å². The highest BCUT2D eigenvalue weighted by Crippen LogP contribution is 2.27. The van der Waals surface area contributed by atoms with Crippen LogP contribution in [0.15, 0.2) is 42.7 Å². The van der Waals surface area contributed by atoms with Crippen LogP contribution in [0.2, 0.25) is 0 Å². The van der Waals surface area contributed by atoms with Crippen LogP contribution in [0.1, 0.15) is 44.7 Å². The highest BCUT2D eigenvalue weighted by molar-refractivity contribution is 5.31. The lowest BCUT2D eigenvalue weighted by Crippen LogP contribution is -2.33. The zero-order valence-electron chi connectivity index (χ0n) is 12.3. The maximum absolute atomic E-state index is 4.48. The third-order valence-electron chi connectivity index (χ3n) is 4.45. The standard InChI is InChI=1S/C17H23N3/c1-13-7-6-10-17(13)19-14(2)15-11-18-20(12-15)16-8-4-3-5-9-16/h3-5,8-9,11-14,17,19H,6-7,10H2,1-2H3. The summed E-state index contributed by atoms with van der Waals surface area (Å²) < 4.78 is 1.95. The molecule has 1 N–H and O–H groups in total. The summed E-state index contributed by atoms with van der Waals surface area (Å²) in [6.45, 7) is 4.59.